The summed E-state index contributed by atoms with van der Waals surface area (Å²) in [6.07, 6.45) is 0. The predicted molar refractivity (Wildman–Crippen MR) is 133 cm³/mol. The molecule has 0 saturated heterocycles. The summed E-state index contributed by atoms with van der Waals surface area (Å²) in [7, 11) is -1.57. The molecule has 1 atom stereocenters. The van der Waals surface area contributed by atoms with Crippen LogP contribution in [0.4, 0.5) is 0 Å². The van der Waals surface area contributed by atoms with E-state index in [0.717, 1.165) is 39.1 Å². The van der Waals surface area contributed by atoms with E-state index in [0.29, 0.717) is 17.2 Å². The molecule has 34 heavy (non-hydrogen) atoms. The first-order valence-corrected chi connectivity index (χ1v) is 12.1. The van der Waals surface area contributed by atoms with Gasteiger partial charge in [0.1, 0.15) is 24.7 Å². The summed E-state index contributed by atoms with van der Waals surface area (Å²) in [6, 6.07) is 18.9. The molecule has 6 nitrogen and oxygen atoms in total. The molecule has 4 rings (SSSR count). The van der Waals surface area contributed by atoms with Crippen molar-refractivity contribution in [2.75, 3.05) is 13.2 Å². The molecule has 0 aliphatic carbocycles. The summed E-state index contributed by atoms with van der Waals surface area (Å²) in [4.78, 5) is 0.478. The van der Waals surface area contributed by atoms with E-state index in [4.69, 9.17) is 14.6 Å². The minimum Gasteiger partial charge on any atom is -0.568 e. The normalized spacial score (nSPS) is 11.5. The molecule has 0 aliphatic heterocycles. The molecule has 0 spiro atoms. The Morgan fingerprint density at radius 2 is 1.62 bits per heavy atom. The maximum Gasteiger partial charge on any atom is 0.270 e. The van der Waals surface area contributed by atoms with E-state index >= 15 is 0 Å². The van der Waals surface area contributed by atoms with E-state index in [9.17, 15) is 9.66 Å². The molecule has 0 radical (unpaired) electrons. The van der Waals surface area contributed by atoms with Crippen LogP contribution < -0.4 is 9.47 Å². The second-order valence-corrected chi connectivity index (χ2v) is 9.23. The number of aryl methyl sites for hydroxylation is 2. The van der Waals surface area contributed by atoms with E-state index in [1.807, 2.05) is 42.5 Å². The highest BCUT2D eigenvalue weighted by molar-refractivity contribution is 7.23. The van der Waals surface area contributed by atoms with Crippen LogP contribution in [0, 0.1) is 20.8 Å². The number of nitrogens with zero attached hydrogens (tertiary/aromatic N) is 1. The highest BCUT2D eigenvalue weighted by Gasteiger charge is 2.16. The summed E-state index contributed by atoms with van der Waals surface area (Å²) < 4.78 is 27.2. The molecule has 0 saturated carbocycles. The van der Waals surface area contributed by atoms with Gasteiger partial charge in [-0.15, -0.1) is 0 Å². The fourth-order valence-corrected chi connectivity index (χ4v) is 4.96. The SMILES string of the molecule is Cc1cc(OCCO)cc(C)c1-c1cccc(COc2ccc(-c3cc(O)n[s+]3[O-])cc2)c1C. The first kappa shape index (κ1) is 23.8. The van der Waals surface area contributed by atoms with Crippen LogP contribution in [-0.4, -0.2) is 32.4 Å². The van der Waals surface area contributed by atoms with Gasteiger partial charge in [-0.25, -0.2) is 0 Å². The average molecular weight is 478 g/mol. The van der Waals surface area contributed by atoms with Crippen molar-refractivity contribution in [1.29, 1.82) is 0 Å². The quantitative estimate of drug-likeness (QED) is 0.315. The van der Waals surface area contributed by atoms with Crippen molar-refractivity contribution in [3.05, 3.63) is 82.9 Å². The summed E-state index contributed by atoms with van der Waals surface area (Å²) >= 11 is 0. The maximum absolute atomic E-state index is 11.9. The Bertz CT molecular complexity index is 1270. The Hall–Kier alpha value is -3.39. The molecule has 1 heterocycles. The largest absolute Gasteiger partial charge is 0.568 e. The third-order valence-electron chi connectivity index (χ3n) is 5.74. The van der Waals surface area contributed by atoms with Gasteiger partial charge in [-0.2, -0.15) is 0 Å². The zero-order chi connectivity index (χ0) is 24.2. The number of hydrogen-bond acceptors (Lipinski definition) is 6. The van der Waals surface area contributed by atoms with Gasteiger partial charge in [-0.1, -0.05) is 18.2 Å². The molecular weight excluding hydrogens is 450 g/mol. The Morgan fingerprint density at radius 3 is 2.24 bits per heavy atom. The molecule has 2 N–H and O–H groups in total. The van der Waals surface area contributed by atoms with Gasteiger partial charge in [0.15, 0.2) is 0 Å². The smallest absolute Gasteiger partial charge is 0.270 e. The van der Waals surface area contributed by atoms with Crippen LogP contribution in [0.15, 0.2) is 60.7 Å². The lowest BCUT2D eigenvalue weighted by Crippen LogP contribution is -2.03. The van der Waals surface area contributed by atoms with Crippen LogP contribution >= 0.6 is 10.9 Å². The van der Waals surface area contributed by atoms with Crippen LogP contribution in [0.5, 0.6) is 17.4 Å². The monoisotopic (exact) mass is 477 g/mol. The van der Waals surface area contributed by atoms with Crippen molar-refractivity contribution in [3.8, 4) is 38.9 Å². The predicted octanol–water partition coefficient (Wildman–Crippen LogP) is 5.72. The highest BCUT2D eigenvalue weighted by Crippen LogP contribution is 2.36. The van der Waals surface area contributed by atoms with Gasteiger partial charge < -0.3 is 24.2 Å². The van der Waals surface area contributed by atoms with Gasteiger partial charge in [0.2, 0.25) is 4.88 Å². The van der Waals surface area contributed by atoms with Gasteiger partial charge in [-0.05, 0) is 90.6 Å². The van der Waals surface area contributed by atoms with Crippen LogP contribution in [0.2, 0.25) is 0 Å². The minimum absolute atomic E-state index is 0.0148. The highest BCUT2D eigenvalue weighted by atomic mass is 32.2. The van der Waals surface area contributed by atoms with Crippen molar-refractivity contribution in [2.24, 2.45) is 0 Å². The van der Waals surface area contributed by atoms with E-state index < -0.39 is 10.9 Å². The van der Waals surface area contributed by atoms with Crippen LogP contribution in [0.1, 0.15) is 22.3 Å². The lowest BCUT2D eigenvalue weighted by atomic mass is 9.90. The Labute approximate surface area is 202 Å². The third-order valence-corrected chi connectivity index (χ3v) is 6.82. The zero-order valence-electron chi connectivity index (χ0n) is 19.4. The second-order valence-electron chi connectivity index (χ2n) is 8.11. The number of hydrogen-bond donors (Lipinski definition) is 2. The van der Waals surface area contributed by atoms with Gasteiger partial charge in [0, 0.05) is 9.94 Å². The lowest BCUT2D eigenvalue weighted by molar-refractivity contribution is 0.201. The van der Waals surface area contributed by atoms with E-state index in [2.05, 4.69) is 37.3 Å². The summed E-state index contributed by atoms with van der Waals surface area (Å²) in [6.45, 7) is 6.90. The van der Waals surface area contributed by atoms with Gasteiger partial charge in [-0.3, -0.25) is 0 Å². The molecule has 7 heteroatoms. The number of aromatic nitrogens is 1. The average Bonchev–Trinajstić information content (AvgIpc) is 3.15. The van der Waals surface area contributed by atoms with Crippen molar-refractivity contribution in [3.63, 3.8) is 0 Å². The molecule has 0 bridgehead atoms. The zero-order valence-corrected chi connectivity index (χ0v) is 20.2. The second kappa shape index (κ2) is 10.3. The molecule has 0 amide bonds. The van der Waals surface area contributed by atoms with Crippen LogP contribution in [0.3, 0.4) is 0 Å². The molecule has 176 valence electrons. The topological polar surface area (TPSA) is 94.9 Å². The molecule has 1 unspecified atom stereocenters. The fraction of sp³-hybridized carbons (Fsp3) is 0.222. The number of aromatic hydroxyl groups is 1. The number of ether oxygens (including phenoxy) is 2. The first-order valence-electron chi connectivity index (χ1n) is 11.0. The lowest BCUT2D eigenvalue weighted by Gasteiger charge is -2.18. The van der Waals surface area contributed by atoms with Crippen molar-refractivity contribution >= 4 is 10.9 Å². The Morgan fingerprint density at radius 1 is 0.912 bits per heavy atom. The summed E-state index contributed by atoms with van der Waals surface area (Å²) in [5.41, 5.74) is 7.50. The van der Waals surface area contributed by atoms with Crippen molar-refractivity contribution in [1.82, 2.24) is 4.37 Å². The van der Waals surface area contributed by atoms with Gasteiger partial charge in [0.05, 0.1) is 23.6 Å². The number of benzene rings is 3. The third kappa shape index (κ3) is 5.07. The summed E-state index contributed by atoms with van der Waals surface area (Å²) in [5, 5.41) is 18.5. The minimum atomic E-state index is -1.57. The standard InChI is InChI=1S/C27H27NO5S/c1-17-13-23(32-12-11-29)14-18(2)27(17)24-6-4-5-21(19(24)3)16-33-22-9-7-20(8-10-22)25-15-26(30)28-34(25)31/h4-10,13-15,29H,11-12,16H2,1-3H3,(H,28,30). The number of rotatable bonds is 8. The van der Waals surface area contributed by atoms with Gasteiger partial charge in [0.25, 0.3) is 5.88 Å². The molecule has 3 aromatic carbocycles. The number of aliphatic hydroxyl groups excluding tert-OH is 1. The molecule has 0 fully saturated rings. The molecule has 1 aromatic heterocycles. The molecule has 0 aliphatic rings. The van der Waals surface area contributed by atoms with Crippen LogP contribution in [-0.2, 0) is 6.61 Å². The Balaban J connectivity index is 1.52. The Kier molecular flexibility index (Phi) is 7.17. The van der Waals surface area contributed by atoms with Crippen molar-refractivity contribution < 1.29 is 24.2 Å². The first-order chi connectivity index (χ1) is 16.4. The van der Waals surface area contributed by atoms with Gasteiger partial charge >= 0.3 is 0 Å². The van der Waals surface area contributed by atoms with E-state index in [-0.39, 0.29) is 19.1 Å². The summed E-state index contributed by atoms with van der Waals surface area (Å²) in [5.74, 6) is 1.23. The van der Waals surface area contributed by atoms with Crippen molar-refractivity contribution in [2.45, 2.75) is 27.4 Å². The van der Waals surface area contributed by atoms with Crippen LogP contribution in [0.25, 0.3) is 21.6 Å². The number of aliphatic hydroxyl groups is 1. The van der Waals surface area contributed by atoms with E-state index in [1.165, 1.54) is 11.6 Å². The fourth-order valence-electron chi connectivity index (χ4n) is 4.09. The maximum atomic E-state index is 11.9. The van der Waals surface area contributed by atoms with E-state index in [1.54, 1.807) is 0 Å². The molecular formula is C27H27NO5S. The molecule has 4 aromatic rings.